The molecule has 5 heterocycles. The second-order valence-corrected chi connectivity index (χ2v) is 12.7. The summed E-state index contributed by atoms with van der Waals surface area (Å²) in [6.07, 6.45) is 2.14. The average Bonchev–Trinajstić information content (AvgIpc) is 3.72. The third-order valence-electron chi connectivity index (χ3n) is 9.27. The van der Waals surface area contributed by atoms with Crippen molar-refractivity contribution < 1.29 is 27.5 Å². The molecule has 0 saturated carbocycles. The number of amides is 1. The molecule has 10 nitrogen and oxygen atoms in total. The summed E-state index contributed by atoms with van der Waals surface area (Å²) in [4.78, 5) is 21.7. The van der Waals surface area contributed by atoms with Crippen LogP contribution in [0, 0.1) is 11.6 Å². The highest BCUT2D eigenvalue weighted by Gasteiger charge is 2.32. The van der Waals surface area contributed by atoms with Gasteiger partial charge in [0.2, 0.25) is 5.91 Å². The molecule has 0 saturated heterocycles. The van der Waals surface area contributed by atoms with Crippen LogP contribution in [0.5, 0.6) is 5.75 Å². The third kappa shape index (κ3) is 5.63. The van der Waals surface area contributed by atoms with Crippen LogP contribution in [0.1, 0.15) is 29.8 Å². The highest BCUT2D eigenvalue weighted by molar-refractivity contribution is 6.06. The summed E-state index contributed by atoms with van der Waals surface area (Å²) in [5.74, 6) is -1.46. The van der Waals surface area contributed by atoms with Crippen LogP contribution >= 0.6 is 0 Å². The number of carbonyl (C=O) groups excluding carboxylic acids is 1. The van der Waals surface area contributed by atoms with E-state index in [1.807, 2.05) is 29.9 Å². The molecule has 0 fully saturated rings. The molecule has 250 valence electrons. The maximum absolute atomic E-state index is 16.0. The van der Waals surface area contributed by atoms with E-state index in [1.54, 1.807) is 31.3 Å². The van der Waals surface area contributed by atoms with Gasteiger partial charge in [-0.3, -0.25) is 14.4 Å². The molecule has 0 unspecified atom stereocenters. The number of methoxy groups -OCH3 is 1. The van der Waals surface area contributed by atoms with Gasteiger partial charge in [0.05, 0.1) is 36.7 Å². The molecule has 3 aromatic heterocycles. The van der Waals surface area contributed by atoms with E-state index in [0.717, 1.165) is 35.0 Å². The summed E-state index contributed by atoms with van der Waals surface area (Å²) in [7, 11) is 7.04. The molecule has 2 aliphatic heterocycles. The number of hydrogen-bond donors (Lipinski definition) is 1. The number of rotatable bonds is 8. The lowest BCUT2D eigenvalue weighted by atomic mass is 9.90. The summed E-state index contributed by atoms with van der Waals surface area (Å²) < 4.78 is 49.7. The predicted octanol–water partition coefficient (Wildman–Crippen LogP) is 5.44. The maximum atomic E-state index is 16.0. The molecule has 0 spiro atoms. The fourth-order valence-corrected chi connectivity index (χ4v) is 6.81. The zero-order valence-electron chi connectivity index (χ0n) is 27.6. The van der Waals surface area contributed by atoms with Gasteiger partial charge in [-0.15, -0.1) is 0 Å². The molecule has 48 heavy (non-hydrogen) atoms. The van der Waals surface area contributed by atoms with Gasteiger partial charge in [0.25, 0.3) is 0 Å². The quantitative estimate of drug-likeness (QED) is 0.221. The number of halogens is 2. The molecule has 2 aliphatic rings. The van der Waals surface area contributed by atoms with Crippen molar-refractivity contribution in [3.63, 3.8) is 0 Å². The van der Waals surface area contributed by atoms with Crippen LogP contribution in [-0.4, -0.2) is 84.5 Å². The fourth-order valence-electron chi connectivity index (χ4n) is 6.81. The van der Waals surface area contributed by atoms with Crippen LogP contribution in [0.25, 0.3) is 44.7 Å². The molecular formula is C36H38F2N6O4. The minimum Gasteiger partial charge on any atom is -0.490 e. The first kappa shape index (κ1) is 31.9. The minimum atomic E-state index is -0.793. The molecule has 12 heteroatoms. The van der Waals surface area contributed by atoms with Crippen molar-refractivity contribution in [3.05, 3.63) is 77.2 Å². The number of carbonyl (C=O) groups is 1. The van der Waals surface area contributed by atoms with Crippen molar-refractivity contribution in [2.24, 2.45) is 0 Å². The van der Waals surface area contributed by atoms with Gasteiger partial charge in [0, 0.05) is 69.0 Å². The first-order chi connectivity index (χ1) is 23.1. The van der Waals surface area contributed by atoms with E-state index < -0.39 is 11.6 Å². The van der Waals surface area contributed by atoms with Crippen LogP contribution < -0.4 is 10.1 Å². The summed E-state index contributed by atoms with van der Waals surface area (Å²) in [6, 6.07) is 11.7. The summed E-state index contributed by atoms with van der Waals surface area (Å²) >= 11 is 0. The van der Waals surface area contributed by atoms with Gasteiger partial charge in [-0.1, -0.05) is 12.1 Å². The van der Waals surface area contributed by atoms with E-state index >= 15 is 4.39 Å². The van der Waals surface area contributed by atoms with Crippen molar-refractivity contribution in [2.75, 3.05) is 48.0 Å². The number of pyridine rings is 1. The molecule has 7 rings (SSSR count). The van der Waals surface area contributed by atoms with Crippen molar-refractivity contribution in [2.45, 2.75) is 38.5 Å². The van der Waals surface area contributed by atoms with Crippen molar-refractivity contribution in [1.82, 2.24) is 29.9 Å². The highest BCUT2D eigenvalue weighted by atomic mass is 19.1. The van der Waals surface area contributed by atoms with Crippen LogP contribution in [0.4, 0.5) is 8.78 Å². The zero-order valence-corrected chi connectivity index (χ0v) is 27.6. The van der Waals surface area contributed by atoms with Crippen molar-refractivity contribution in [3.8, 4) is 39.5 Å². The predicted molar refractivity (Wildman–Crippen MR) is 177 cm³/mol. The highest BCUT2D eigenvalue weighted by Crippen LogP contribution is 2.46. The second-order valence-electron chi connectivity index (χ2n) is 12.7. The van der Waals surface area contributed by atoms with E-state index in [-0.39, 0.29) is 42.5 Å². The van der Waals surface area contributed by atoms with E-state index in [4.69, 9.17) is 24.0 Å². The number of hydrogen-bond acceptors (Lipinski definition) is 8. The van der Waals surface area contributed by atoms with E-state index in [9.17, 15) is 9.18 Å². The number of nitrogens with zero attached hydrogens (tertiary/aromatic N) is 5. The van der Waals surface area contributed by atoms with Gasteiger partial charge < -0.3 is 24.1 Å². The number of nitrogens with one attached hydrogen (secondary N) is 1. The Morgan fingerprint density at radius 1 is 1.08 bits per heavy atom. The van der Waals surface area contributed by atoms with Gasteiger partial charge in [-0.05, 0) is 49.7 Å². The zero-order chi connectivity index (χ0) is 33.7. The SMILES string of the molecule is COCCOc1cc(F)cc(F)c1-c1c(-c2cc3n(n2)CCN[C@@H]3C)nc(-c2ccc3c(c2)CN(C)[C@@H](C(=O)N(C)C)C3)c2occc12. The lowest BCUT2D eigenvalue weighted by molar-refractivity contribution is -0.134. The molecular weight excluding hydrogens is 618 g/mol. The number of fused-ring (bicyclic) bond motifs is 3. The number of aromatic nitrogens is 3. The van der Waals surface area contributed by atoms with Gasteiger partial charge in [0.15, 0.2) is 5.58 Å². The molecule has 1 amide bonds. The fraction of sp³-hybridized carbons (Fsp3) is 0.361. The Labute approximate surface area is 277 Å². The molecule has 5 aromatic rings. The average molecular weight is 657 g/mol. The molecule has 2 atom stereocenters. The normalized spacial score (nSPS) is 17.7. The number of ether oxygens (including phenoxy) is 2. The van der Waals surface area contributed by atoms with Crippen molar-refractivity contribution >= 4 is 16.9 Å². The van der Waals surface area contributed by atoms with E-state index in [0.29, 0.717) is 53.1 Å². The Morgan fingerprint density at radius 2 is 1.92 bits per heavy atom. The van der Waals surface area contributed by atoms with E-state index in [2.05, 4.69) is 23.2 Å². The maximum Gasteiger partial charge on any atom is 0.239 e. The first-order valence-corrected chi connectivity index (χ1v) is 16.0. The Bertz CT molecular complexity index is 2020. The smallest absolute Gasteiger partial charge is 0.239 e. The van der Waals surface area contributed by atoms with Gasteiger partial charge in [-0.25, -0.2) is 13.8 Å². The van der Waals surface area contributed by atoms with Crippen LogP contribution in [0.15, 0.2) is 53.1 Å². The topological polar surface area (TPSA) is 97.9 Å². The Kier molecular flexibility index (Phi) is 8.48. The van der Waals surface area contributed by atoms with Crippen LogP contribution in [0.3, 0.4) is 0 Å². The number of benzene rings is 2. The second kappa shape index (κ2) is 12.8. The molecule has 0 bridgehead atoms. The summed E-state index contributed by atoms with van der Waals surface area (Å²) in [5, 5.41) is 8.98. The van der Waals surface area contributed by atoms with Gasteiger partial charge in [-0.2, -0.15) is 5.10 Å². The summed E-state index contributed by atoms with van der Waals surface area (Å²) in [6.45, 7) is 4.41. The van der Waals surface area contributed by atoms with E-state index in [1.165, 1.54) is 13.2 Å². The number of furan rings is 1. The van der Waals surface area contributed by atoms with Crippen LogP contribution in [-0.2, 0) is 29.0 Å². The Morgan fingerprint density at radius 3 is 2.69 bits per heavy atom. The first-order valence-electron chi connectivity index (χ1n) is 16.0. The summed E-state index contributed by atoms with van der Waals surface area (Å²) in [5.41, 5.74) is 6.40. The van der Waals surface area contributed by atoms with Gasteiger partial charge in [0.1, 0.15) is 41.1 Å². The van der Waals surface area contributed by atoms with Crippen molar-refractivity contribution in [1.29, 1.82) is 0 Å². The Balaban J connectivity index is 1.44. The molecule has 0 aliphatic carbocycles. The monoisotopic (exact) mass is 656 g/mol. The molecule has 2 aromatic carbocycles. The lowest BCUT2D eigenvalue weighted by Crippen LogP contribution is -2.48. The Hall–Kier alpha value is -4.65. The van der Waals surface area contributed by atoms with Gasteiger partial charge >= 0.3 is 0 Å². The minimum absolute atomic E-state index is 0.0282. The lowest BCUT2D eigenvalue weighted by Gasteiger charge is -2.34. The number of likely N-dealkylation sites (N-methyl/N-ethyl adjacent to an activating group) is 2. The molecule has 1 N–H and O–H groups in total. The van der Waals surface area contributed by atoms with Crippen LogP contribution in [0.2, 0.25) is 0 Å². The third-order valence-corrected chi connectivity index (χ3v) is 9.27. The molecule has 0 radical (unpaired) electrons. The standard InChI is InChI=1S/C36H38F2N6O4/c1-20-28-18-27(41-44(28)10-9-39-20)34-31(32-26(38)16-24(37)17-30(32)47-13-12-46-5)25-8-11-48-35(25)33(40-34)22-7-6-21-15-29(36(45)42(2)3)43(4)19-23(21)14-22/h6-8,11,14,16-18,20,29,39H,9-10,12-13,15,19H2,1-5H3/t20-,29-/m1/s1. The largest absolute Gasteiger partial charge is 0.490 e.